The van der Waals surface area contributed by atoms with E-state index in [1.165, 1.54) is 0 Å². The number of hydrogen-bond acceptors (Lipinski definition) is 2. The average molecular weight is 725 g/mol. The van der Waals surface area contributed by atoms with Crippen molar-refractivity contribution in [3.8, 4) is 11.5 Å². The molecule has 2 aromatic rings. The van der Waals surface area contributed by atoms with Crippen molar-refractivity contribution >= 4 is 86.9 Å². The molecule has 2 unspecified atom stereocenters. The van der Waals surface area contributed by atoms with Gasteiger partial charge >= 0.3 is 0 Å². The van der Waals surface area contributed by atoms with Gasteiger partial charge in [-0.3, -0.25) is 0 Å². The molecular formula is C23H26Br4Cl2O2. The second kappa shape index (κ2) is 12.3. The van der Waals surface area contributed by atoms with Gasteiger partial charge in [0.1, 0.15) is 24.7 Å². The largest absolute Gasteiger partial charge is 0.490 e. The Morgan fingerprint density at radius 2 is 1.00 bits per heavy atom. The van der Waals surface area contributed by atoms with Gasteiger partial charge in [0, 0.05) is 5.41 Å². The summed E-state index contributed by atoms with van der Waals surface area (Å²) in [6.45, 7) is 9.38. The molecule has 0 saturated heterocycles. The van der Waals surface area contributed by atoms with Crippen LogP contribution in [0, 0.1) is 0 Å². The predicted molar refractivity (Wildman–Crippen MR) is 147 cm³/mol. The van der Waals surface area contributed by atoms with Gasteiger partial charge in [0.25, 0.3) is 0 Å². The molecule has 0 spiro atoms. The van der Waals surface area contributed by atoms with Crippen molar-refractivity contribution in [1.29, 1.82) is 0 Å². The molecule has 0 N–H and O–H groups in total. The summed E-state index contributed by atoms with van der Waals surface area (Å²) in [5.74, 6) is 1.52. The van der Waals surface area contributed by atoms with E-state index in [0.717, 1.165) is 53.4 Å². The van der Waals surface area contributed by atoms with Gasteiger partial charge in [-0.15, -0.1) is 23.2 Å². The molecule has 0 amide bonds. The van der Waals surface area contributed by atoms with E-state index in [1.807, 2.05) is 13.8 Å². The van der Waals surface area contributed by atoms with E-state index in [0.29, 0.717) is 13.2 Å². The lowest BCUT2D eigenvalue weighted by atomic mass is 9.78. The lowest BCUT2D eigenvalue weighted by Crippen LogP contribution is -2.20. The Kier molecular flexibility index (Phi) is 11.0. The van der Waals surface area contributed by atoms with Crippen molar-refractivity contribution in [2.45, 2.75) is 56.7 Å². The molecule has 0 fully saturated rings. The maximum absolute atomic E-state index is 6.21. The lowest BCUT2D eigenvalue weighted by molar-refractivity contribution is 0.308. The Labute approximate surface area is 229 Å². The van der Waals surface area contributed by atoms with Crippen LogP contribution in [0.25, 0.3) is 0 Å². The summed E-state index contributed by atoms with van der Waals surface area (Å²) in [5, 5.41) is -0.0338. The minimum atomic E-state index is -0.274. The van der Waals surface area contributed by atoms with Crippen LogP contribution >= 0.6 is 86.9 Å². The van der Waals surface area contributed by atoms with E-state index >= 15 is 0 Å². The highest BCUT2D eigenvalue weighted by Gasteiger charge is 2.27. The molecule has 0 aliphatic carbocycles. The number of alkyl halides is 2. The van der Waals surface area contributed by atoms with Crippen molar-refractivity contribution in [1.82, 2.24) is 0 Å². The molecule has 0 aromatic heterocycles. The van der Waals surface area contributed by atoms with E-state index in [1.54, 1.807) is 0 Å². The first-order valence-electron chi connectivity index (χ1n) is 10.0. The van der Waals surface area contributed by atoms with Crippen LogP contribution in [0.4, 0.5) is 0 Å². The van der Waals surface area contributed by atoms with Gasteiger partial charge in [0.05, 0.1) is 28.6 Å². The fourth-order valence-corrected chi connectivity index (χ4v) is 5.82. The fraction of sp³-hybridized carbons (Fsp3) is 0.478. The quantitative estimate of drug-likeness (QED) is 0.227. The first-order valence-corrected chi connectivity index (χ1v) is 14.1. The Morgan fingerprint density at radius 1 is 0.710 bits per heavy atom. The smallest absolute Gasteiger partial charge is 0.147 e. The minimum absolute atomic E-state index is 0.0169. The topological polar surface area (TPSA) is 18.5 Å². The van der Waals surface area contributed by atoms with Crippen molar-refractivity contribution in [3.05, 3.63) is 53.3 Å². The van der Waals surface area contributed by atoms with Crippen molar-refractivity contribution < 1.29 is 9.47 Å². The van der Waals surface area contributed by atoms with Gasteiger partial charge < -0.3 is 9.47 Å². The normalized spacial score (nSPS) is 13.7. The van der Waals surface area contributed by atoms with Crippen LogP contribution in [0.3, 0.4) is 0 Å². The van der Waals surface area contributed by atoms with E-state index < -0.39 is 0 Å². The Morgan fingerprint density at radius 3 is 1.26 bits per heavy atom. The summed E-state index contributed by atoms with van der Waals surface area (Å²) in [5.41, 5.74) is 2.00. The standard InChI is InChI=1S/C23H26Br4Cl2O2/c1-5-15(28)11-30-21-17(24)7-13(8-18(21)25)23(3,4)14-9-19(26)22(20(27)10-14)31-12-16(29)6-2/h7-10,15-16H,5-6,11-12H2,1-4H3. The second-order valence-corrected chi connectivity index (χ2v) is 12.4. The summed E-state index contributed by atoms with van der Waals surface area (Å²) in [6, 6.07) is 8.39. The molecule has 2 aromatic carbocycles. The molecule has 0 radical (unpaired) electrons. The first-order chi connectivity index (χ1) is 14.5. The molecule has 0 aliphatic rings. The molecular weight excluding hydrogens is 699 g/mol. The zero-order chi connectivity index (χ0) is 23.3. The van der Waals surface area contributed by atoms with E-state index in [9.17, 15) is 0 Å². The number of halogens is 6. The zero-order valence-corrected chi connectivity index (χ0v) is 25.7. The Hall–Kier alpha value is 0.540. The van der Waals surface area contributed by atoms with Gasteiger partial charge in [-0.05, 0) is 112 Å². The highest BCUT2D eigenvalue weighted by molar-refractivity contribution is 9.11. The molecule has 0 bridgehead atoms. The van der Waals surface area contributed by atoms with Crippen LogP contribution < -0.4 is 9.47 Å². The number of hydrogen-bond donors (Lipinski definition) is 0. The van der Waals surface area contributed by atoms with E-state index in [-0.39, 0.29) is 16.2 Å². The first kappa shape index (κ1) is 27.8. The maximum atomic E-state index is 6.21. The third kappa shape index (κ3) is 7.26. The van der Waals surface area contributed by atoms with Crippen LogP contribution in [0.5, 0.6) is 11.5 Å². The van der Waals surface area contributed by atoms with Crippen LogP contribution in [-0.4, -0.2) is 24.0 Å². The molecule has 0 heterocycles. The van der Waals surface area contributed by atoms with Crippen molar-refractivity contribution in [2.75, 3.05) is 13.2 Å². The molecule has 31 heavy (non-hydrogen) atoms. The molecule has 8 heteroatoms. The lowest BCUT2D eigenvalue weighted by Gasteiger charge is -2.28. The SMILES string of the molecule is CCC(Cl)COc1c(Br)cc(C(C)(C)c2cc(Br)c(OCC(Cl)CC)c(Br)c2)cc1Br. The van der Waals surface area contributed by atoms with Crippen LogP contribution in [0.2, 0.25) is 0 Å². The van der Waals surface area contributed by atoms with Crippen LogP contribution in [-0.2, 0) is 5.41 Å². The molecule has 2 rings (SSSR count). The third-order valence-electron chi connectivity index (χ3n) is 5.14. The molecule has 2 atom stereocenters. The molecule has 0 saturated carbocycles. The third-order valence-corrected chi connectivity index (χ3v) is 8.37. The van der Waals surface area contributed by atoms with Crippen LogP contribution in [0.1, 0.15) is 51.7 Å². The van der Waals surface area contributed by atoms with Gasteiger partial charge in [0.2, 0.25) is 0 Å². The highest BCUT2D eigenvalue weighted by Crippen LogP contribution is 2.44. The Bertz CT molecular complexity index is 788. The minimum Gasteiger partial charge on any atom is -0.490 e. The van der Waals surface area contributed by atoms with Gasteiger partial charge in [-0.25, -0.2) is 0 Å². The van der Waals surface area contributed by atoms with Gasteiger partial charge in [-0.1, -0.05) is 27.7 Å². The predicted octanol–water partition coefficient (Wildman–Crippen LogP) is 9.85. The van der Waals surface area contributed by atoms with Gasteiger partial charge in [-0.2, -0.15) is 0 Å². The van der Waals surface area contributed by atoms with Gasteiger partial charge in [0.15, 0.2) is 0 Å². The number of rotatable bonds is 10. The average Bonchev–Trinajstić information content (AvgIpc) is 2.71. The second-order valence-electron chi connectivity index (χ2n) is 7.80. The fourth-order valence-electron chi connectivity index (χ4n) is 2.87. The van der Waals surface area contributed by atoms with E-state index in [2.05, 4.69) is 102 Å². The monoisotopic (exact) mass is 720 g/mol. The summed E-state index contributed by atoms with van der Waals surface area (Å²) >= 11 is 27.1. The summed E-state index contributed by atoms with van der Waals surface area (Å²) in [6.07, 6.45) is 1.71. The maximum Gasteiger partial charge on any atom is 0.147 e. The molecule has 2 nitrogen and oxygen atoms in total. The summed E-state index contributed by atoms with van der Waals surface area (Å²) in [7, 11) is 0. The Balaban J connectivity index is 2.34. The highest BCUT2D eigenvalue weighted by atomic mass is 79.9. The number of benzene rings is 2. The molecule has 0 aliphatic heterocycles. The number of ether oxygens (including phenoxy) is 2. The summed E-state index contributed by atoms with van der Waals surface area (Å²) in [4.78, 5) is 0. The van der Waals surface area contributed by atoms with Crippen LogP contribution in [0.15, 0.2) is 42.2 Å². The molecule has 172 valence electrons. The van der Waals surface area contributed by atoms with Crippen molar-refractivity contribution in [3.63, 3.8) is 0 Å². The zero-order valence-electron chi connectivity index (χ0n) is 17.9. The summed E-state index contributed by atoms with van der Waals surface area (Å²) < 4.78 is 15.4. The van der Waals surface area contributed by atoms with E-state index in [4.69, 9.17) is 32.7 Å². The van der Waals surface area contributed by atoms with Crippen molar-refractivity contribution in [2.24, 2.45) is 0 Å².